The third-order valence-electron chi connectivity index (χ3n) is 9.80. The van der Waals surface area contributed by atoms with Crippen LogP contribution < -0.4 is 0 Å². The monoisotopic (exact) mass is 657 g/mol. The summed E-state index contributed by atoms with van der Waals surface area (Å²) in [4.78, 5) is 15.2. The van der Waals surface area contributed by atoms with Crippen LogP contribution in [-0.4, -0.2) is 28.7 Å². The maximum absolute atomic E-state index is 8.95. The van der Waals surface area contributed by atoms with Crippen LogP contribution >= 0.6 is 0 Å². The molecular weight excluding hydrogens is 625 g/mol. The maximum atomic E-state index is 8.95. The smallest absolute Gasteiger partial charge is 0.240 e. The Labute approximate surface area is 299 Å². The standard InChI is InChI=1S/C45H28N6/c1-3-15-29(16-4-1)43-46-44(50-37-24-12-7-19-31(37)32-20-8-13-25-38(32)50)48-45(47-43)51-39-26-14-10-22-35(39)41-40(51)28-27-34-33-21-9-11-23-36(33)49(42(34)41)30-17-5-2-6-18-30/h1-28H/i1D,3D,4D,15D,16D. The van der Waals surface area contributed by atoms with Crippen molar-refractivity contribution in [1.82, 2.24) is 28.7 Å². The van der Waals surface area contributed by atoms with Crippen LogP contribution in [0, 0.1) is 0 Å². The molecule has 4 aromatic heterocycles. The molecule has 4 heterocycles. The summed E-state index contributed by atoms with van der Waals surface area (Å²) in [5.74, 6) is 0.459. The molecule has 0 fully saturated rings. The molecule has 11 aromatic rings. The van der Waals surface area contributed by atoms with E-state index in [-0.39, 0.29) is 23.3 Å². The van der Waals surface area contributed by atoms with Gasteiger partial charge in [0.15, 0.2) is 5.82 Å². The zero-order valence-corrected chi connectivity index (χ0v) is 27.0. The minimum Gasteiger partial charge on any atom is -0.309 e. The van der Waals surface area contributed by atoms with Crippen molar-refractivity contribution >= 4 is 65.4 Å². The normalized spacial score (nSPS) is 13.3. The number of hydrogen-bond acceptors (Lipinski definition) is 3. The predicted octanol–water partition coefficient (Wildman–Crippen LogP) is 10.8. The van der Waals surface area contributed by atoms with Gasteiger partial charge in [-0.3, -0.25) is 9.13 Å². The molecule has 0 unspecified atom stereocenters. The number of fused-ring (bicyclic) bond motifs is 10. The number of benzene rings is 7. The molecule has 6 nitrogen and oxygen atoms in total. The van der Waals surface area contributed by atoms with Gasteiger partial charge in [0.1, 0.15) is 0 Å². The van der Waals surface area contributed by atoms with Crippen molar-refractivity contribution < 1.29 is 6.85 Å². The molecule has 51 heavy (non-hydrogen) atoms. The van der Waals surface area contributed by atoms with Crippen molar-refractivity contribution in [2.45, 2.75) is 0 Å². The van der Waals surface area contributed by atoms with Crippen molar-refractivity contribution in [3.8, 4) is 29.0 Å². The van der Waals surface area contributed by atoms with Crippen LogP contribution in [0.15, 0.2) is 170 Å². The van der Waals surface area contributed by atoms with E-state index in [0.717, 1.165) is 71.1 Å². The summed E-state index contributed by atoms with van der Waals surface area (Å²) >= 11 is 0. The van der Waals surface area contributed by atoms with Gasteiger partial charge in [-0.25, -0.2) is 0 Å². The van der Waals surface area contributed by atoms with Crippen LogP contribution in [0.2, 0.25) is 0 Å². The first-order valence-electron chi connectivity index (χ1n) is 19.2. The molecule has 0 spiro atoms. The molecule has 6 heteroatoms. The summed E-state index contributed by atoms with van der Waals surface area (Å²) in [7, 11) is 0. The largest absolute Gasteiger partial charge is 0.309 e. The minimum absolute atomic E-state index is 0.0331. The first kappa shape index (κ1) is 23.3. The molecule has 7 aromatic carbocycles. The Kier molecular flexibility index (Phi) is 4.91. The first-order valence-corrected chi connectivity index (χ1v) is 16.7. The van der Waals surface area contributed by atoms with Gasteiger partial charge in [0.05, 0.1) is 40.0 Å². The number of rotatable bonds is 4. The summed E-state index contributed by atoms with van der Waals surface area (Å²) in [6, 6.07) is 44.9. The van der Waals surface area contributed by atoms with Crippen LogP contribution in [0.25, 0.3) is 94.4 Å². The molecular formula is C45H28N6. The van der Waals surface area contributed by atoms with Gasteiger partial charge in [0.2, 0.25) is 11.9 Å². The summed E-state index contributed by atoms with van der Waals surface area (Å²) < 4.78 is 49.5. The highest BCUT2D eigenvalue weighted by Gasteiger charge is 2.23. The topological polar surface area (TPSA) is 53.5 Å². The van der Waals surface area contributed by atoms with E-state index in [1.54, 1.807) is 0 Å². The zero-order valence-electron chi connectivity index (χ0n) is 32.0. The molecule has 0 saturated heterocycles. The Morgan fingerprint density at radius 2 is 0.882 bits per heavy atom. The van der Waals surface area contributed by atoms with Gasteiger partial charge in [-0.1, -0.05) is 127 Å². The van der Waals surface area contributed by atoms with Crippen molar-refractivity contribution in [3.05, 3.63) is 170 Å². The molecule has 0 bridgehead atoms. The Morgan fingerprint density at radius 1 is 0.392 bits per heavy atom. The molecule has 0 aliphatic heterocycles. The molecule has 0 atom stereocenters. The predicted molar refractivity (Wildman–Crippen MR) is 208 cm³/mol. The highest BCUT2D eigenvalue weighted by atomic mass is 15.3. The van der Waals surface area contributed by atoms with E-state index < -0.39 is 30.2 Å². The Hall–Kier alpha value is -7.05. The van der Waals surface area contributed by atoms with Gasteiger partial charge < -0.3 is 4.57 Å². The summed E-state index contributed by atoms with van der Waals surface area (Å²) in [6.07, 6.45) is 0. The SMILES string of the molecule is [2H]c1c([2H])c([2H])c(-c2nc(-n3c4ccccc4c4ccccc43)nc(-n3c4ccccc4c4c3ccc3c5ccccc5n(-c5ccccc5)c34)n2)c([2H])c1[2H]. The van der Waals surface area contributed by atoms with Crippen LogP contribution in [-0.2, 0) is 0 Å². The highest BCUT2D eigenvalue weighted by molar-refractivity contribution is 6.26. The van der Waals surface area contributed by atoms with Crippen LogP contribution in [0.3, 0.4) is 0 Å². The van der Waals surface area contributed by atoms with Crippen molar-refractivity contribution in [2.24, 2.45) is 0 Å². The van der Waals surface area contributed by atoms with Gasteiger partial charge in [-0.05, 0) is 42.5 Å². The van der Waals surface area contributed by atoms with E-state index in [1.807, 2.05) is 81.9 Å². The van der Waals surface area contributed by atoms with Gasteiger partial charge in [0, 0.05) is 43.6 Å². The maximum Gasteiger partial charge on any atom is 0.240 e. The highest BCUT2D eigenvalue weighted by Crippen LogP contribution is 2.42. The molecule has 11 rings (SSSR count). The van der Waals surface area contributed by atoms with Gasteiger partial charge in [0.25, 0.3) is 0 Å². The van der Waals surface area contributed by atoms with Crippen LogP contribution in [0.4, 0.5) is 0 Å². The lowest BCUT2D eigenvalue weighted by atomic mass is 10.1. The molecule has 0 aliphatic rings. The number of hydrogen-bond donors (Lipinski definition) is 0. The summed E-state index contributed by atoms with van der Waals surface area (Å²) in [6.45, 7) is 0. The van der Waals surface area contributed by atoms with Crippen LogP contribution in [0.5, 0.6) is 0 Å². The van der Waals surface area contributed by atoms with Crippen molar-refractivity contribution in [3.63, 3.8) is 0 Å². The zero-order chi connectivity index (χ0) is 37.8. The van der Waals surface area contributed by atoms with E-state index in [9.17, 15) is 0 Å². The van der Waals surface area contributed by atoms with E-state index in [1.165, 1.54) is 0 Å². The Balaban J connectivity index is 1.31. The van der Waals surface area contributed by atoms with Gasteiger partial charge in [-0.2, -0.15) is 15.0 Å². The Bertz CT molecular complexity index is 3360. The average molecular weight is 658 g/mol. The second-order valence-electron chi connectivity index (χ2n) is 12.5. The second kappa shape index (κ2) is 10.7. The van der Waals surface area contributed by atoms with E-state index >= 15 is 0 Å². The van der Waals surface area contributed by atoms with Crippen LogP contribution in [0.1, 0.15) is 6.85 Å². The molecule has 0 saturated carbocycles. The molecule has 238 valence electrons. The lowest BCUT2D eigenvalue weighted by Gasteiger charge is -2.12. The fraction of sp³-hybridized carbons (Fsp3) is 0. The van der Waals surface area contributed by atoms with E-state index in [0.29, 0.717) is 0 Å². The summed E-state index contributed by atoms with van der Waals surface area (Å²) in [5, 5.41) is 6.21. The lowest BCUT2D eigenvalue weighted by molar-refractivity contribution is 0.893. The Morgan fingerprint density at radius 3 is 1.51 bits per heavy atom. The third kappa shape index (κ3) is 4.01. The second-order valence-corrected chi connectivity index (χ2v) is 12.5. The average Bonchev–Trinajstić information content (AvgIpc) is 3.88. The fourth-order valence-corrected chi connectivity index (χ4v) is 7.73. The molecule has 0 aliphatic carbocycles. The van der Waals surface area contributed by atoms with Crippen molar-refractivity contribution in [2.75, 3.05) is 0 Å². The lowest BCUT2D eigenvalue weighted by Crippen LogP contribution is -2.10. The number of para-hydroxylation sites is 5. The first-order chi connectivity index (χ1) is 27.4. The summed E-state index contributed by atoms with van der Waals surface area (Å²) in [5.41, 5.74) is 6.43. The van der Waals surface area contributed by atoms with Gasteiger partial charge in [-0.15, -0.1) is 0 Å². The number of aromatic nitrogens is 6. The van der Waals surface area contributed by atoms with Crippen molar-refractivity contribution in [1.29, 1.82) is 0 Å². The fourth-order valence-electron chi connectivity index (χ4n) is 7.73. The quantitative estimate of drug-likeness (QED) is 0.189. The van der Waals surface area contributed by atoms with E-state index in [4.69, 9.17) is 21.8 Å². The van der Waals surface area contributed by atoms with Gasteiger partial charge >= 0.3 is 0 Å². The minimum atomic E-state index is -0.485. The number of nitrogens with zero attached hydrogens (tertiary/aromatic N) is 6. The molecule has 0 radical (unpaired) electrons. The molecule has 0 amide bonds. The third-order valence-corrected chi connectivity index (χ3v) is 9.80. The van der Waals surface area contributed by atoms with E-state index in [2.05, 4.69) is 71.3 Å². The molecule has 0 N–H and O–H groups in total.